The molecule has 0 aliphatic heterocycles. The third kappa shape index (κ3) is 2.99. The molecule has 1 aromatic carbocycles. The van der Waals surface area contributed by atoms with Gasteiger partial charge in [0.05, 0.1) is 11.2 Å². The lowest BCUT2D eigenvalue weighted by molar-refractivity contribution is -0.274. The zero-order chi connectivity index (χ0) is 18.5. The lowest BCUT2D eigenvalue weighted by Gasteiger charge is -2.08. The van der Waals surface area contributed by atoms with Crippen LogP contribution in [0.25, 0.3) is 27.1 Å². The number of rotatable bonds is 3. The highest BCUT2D eigenvalue weighted by molar-refractivity contribution is 7.19. The summed E-state index contributed by atoms with van der Waals surface area (Å²) in [5, 5.41) is 17.6. The van der Waals surface area contributed by atoms with Gasteiger partial charge in [0.15, 0.2) is 0 Å². The molecule has 0 N–H and O–H groups in total. The third-order valence-corrected chi connectivity index (χ3v) is 4.66. The Bertz CT molecular complexity index is 1070. The summed E-state index contributed by atoms with van der Waals surface area (Å²) >= 11 is 7.38. The molecule has 0 amide bonds. The number of ether oxygens (including phenoxy) is 1. The van der Waals surface area contributed by atoms with E-state index in [-0.39, 0.29) is 5.75 Å². The molecule has 4 aromatic rings. The standard InChI is InChI=1S/C14H8ClF3N6OS/c1-23-10(9(15)6-19-23)11-20-21-13-24(11)22-12(26-13)7-2-4-8(5-3-7)25-14(16,17)18/h2-6H,1H3. The molecule has 0 aliphatic carbocycles. The predicted molar refractivity (Wildman–Crippen MR) is 88.0 cm³/mol. The van der Waals surface area contributed by atoms with Crippen molar-refractivity contribution in [2.75, 3.05) is 0 Å². The van der Waals surface area contributed by atoms with Gasteiger partial charge in [0, 0.05) is 12.6 Å². The average Bonchev–Trinajstić information content (AvgIpc) is 3.22. The molecule has 26 heavy (non-hydrogen) atoms. The first-order valence-electron chi connectivity index (χ1n) is 7.08. The van der Waals surface area contributed by atoms with Crippen molar-refractivity contribution in [1.29, 1.82) is 0 Å². The highest BCUT2D eigenvalue weighted by Gasteiger charge is 2.31. The van der Waals surface area contributed by atoms with Crippen LogP contribution in [0, 0.1) is 0 Å². The van der Waals surface area contributed by atoms with E-state index in [4.69, 9.17) is 11.6 Å². The van der Waals surface area contributed by atoms with Crippen LogP contribution in [-0.2, 0) is 7.05 Å². The Labute approximate surface area is 152 Å². The van der Waals surface area contributed by atoms with Crippen LogP contribution < -0.4 is 4.74 Å². The molecule has 3 aromatic heterocycles. The molecule has 12 heteroatoms. The van der Waals surface area contributed by atoms with Crippen molar-refractivity contribution in [1.82, 2.24) is 29.6 Å². The molecule has 0 aliphatic rings. The van der Waals surface area contributed by atoms with Crippen molar-refractivity contribution < 1.29 is 17.9 Å². The van der Waals surface area contributed by atoms with Gasteiger partial charge in [0.25, 0.3) is 0 Å². The van der Waals surface area contributed by atoms with Crippen molar-refractivity contribution in [3.05, 3.63) is 35.5 Å². The second kappa shape index (κ2) is 5.95. The number of fused-ring (bicyclic) bond motifs is 1. The van der Waals surface area contributed by atoms with E-state index in [1.54, 1.807) is 11.7 Å². The summed E-state index contributed by atoms with van der Waals surface area (Å²) < 4.78 is 43.6. The largest absolute Gasteiger partial charge is 0.573 e. The van der Waals surface area contributed by atoms with Gasteiger partial charge in [-0.25, -0.2) is 0 Å². The Morgan fingerprint density at radius 3 is 2.50 bits per heavy atom. The van der Waals surface area contributed by atoms with Gasteiger partial charge in [-0.2, -0.15) is 14.7 Å². The van der Waals surface area contributed by atoms with E-state index in [0.717, 1.165) is 0 Å². The van der Waals surface area contributed by atoms with Crippen molar-refractivity contribution in [3.8, 4) is 27.8 Å². The summed E-state index contributed by atoms with van der Waals surface area (Å²) in [4.78, 5) is 0.517. The molecule has 134 valence electrons. The maximum Gasteiger partial charge on any atom is 0.573 e. The first-order valence-corrected chi connectivity index (χ1v) is 8.27. The van der Waals surface area contributed by atoms with Crippen LogP contribution in [-0.4, -0.2) is 36.0 Å². The lowest BCUT2D eigenvalue weighted by atomic mass is 10.2. The summed E-state index contributed by atoms with van der Waals surface area (Å²) in [6.45, 7) is 0. The Morgan fingerprint density at radius 2 is 1.88 bits per heavy atom. The Hall–Kier alpha value is -2.66. The Kier molecular flexibility index (Phi) is 3.84. The van der Waals surface area contributed by atoms with Crippen molar-refractivity contribution >= 4 is 27.9 Å². The monoisotopic (exact) mass is 400 g/mol. The molecule has 0 radical (unpaired) electrons. The van der Waals surface area contributed by atoms with Gasteiger partial charge in [-0.15, -0.1) is 23.4 Å². The quantitative estimate of drug-likeness (QED) is 0.523. The van der Waals surface area contributed by atoms with Gasteiger partial charge >= 0.3 is 6.36 Å². The summed E-state index contributed by atoms with van der Waals surface area (Å²) in [5.41, 5.74) is 1.18. The lowest BCUT2D eigenvalue weighted by Crippen LogP contribution is -2.16. The molecular formula is C14H8ClF3N6OS. The summed E-state index contributed by atoms with van der Waals surface area (Å²) in [7, 11) is 1.72. The number of alkyl halides is 3. The molecular weight excluding hydrogens is 393 g/mol. The van der Waals surface area contributed by atoms with Crippen LogP contribution in [0.4, 0.5) is 13.2 Å². The maximum absolute atomic E-state index is 12.2. The molecule has 0 unspecified atom stereocenters. The van der Waals surface area contributed by atoms with Gasteiger partial charge in [0.2, 0.25) is 10.8 Å². The summed E-state index contributed by atoms with van der Waals surface area (Å²) in [6.07, 6.45) is -3.24. The molecule has 0 saturated heterocycles. The van der Waals surface area contributed by atoms with Crippen molar-refractivity contribution in [2.24, 2.45) is 7.05 Å². The van der Waals surface area contributed by atoms with E-state index >= 15 is 0 Å². The van der Waals surface area contributed by atoms with Gasteiger partial charge in [0.1, 0.15) is 16.5 Å². The van der Waals surface area contributed by atoms with E-state index in [1.165, 1.54) is 46.3 Å². The molecule has 0 saturated carbocycles. The van der Waals surface area contributed by atoms with Crippen molar-refractivity contribution in [3.63, 3.8) is 0 Å². The van der Waals surface area contributed by atoms with Crippen LogP contribution in [0.15, 0.2) is 30.5 Å². The minimum Gasteiger partial charge on any atom is -0.406 e. The van der Waals surface area contributed by atoms with Crippen LogP contribution >= 0.6 is 22.9 Å². The molecule has 7 nitrogen and oxygen atoms in total. The number of nitrogens with zero attached hydrogens (tertiary/aromatic N) is 6. The average molecular weight is 401 g/mol. The van der Waals surface area contributed by atoms with Crippen molar-refractivity contribution in [2.45, 2.75) is 6.36 Å². The maximum atomic E-state index is 12.2. The minimum atomic E-state index is -4.73. The van der Waals surface area contributed by atoms with E-state index in [0.29, 0.717) is 32.1 Å². The molecule has 0 fully saturated rings. The van der Waals surface area contributed by atoms with Crippen LogP contribution in [0.1, 0.15) is 0 Å². The smallest absolute Gasteiger partial charge is 0.406 e. The zero-order valence-corrected chi connectivity index (χ0v) is 14.5. The molecule has 0 bridgehead atoms. The Morgan fingerprint density at radius 1 is 1.15 bits per heavy atom. The minimum absolute atomic E-state index is 0.299. The van der Waals surface area contributed by atoms with Gasteiger partial charge in [-0.05, 0) is 24.3 Å². The zero-order valence-electron chi connectivity index (χ0n) is 12.9. The normalized spacial score (nSPS) is 12.0. The van der Waals surface area contributed by atoms with E-state index < -0.39 is 6.36 Å². The summed E-state index contributed by atoms with van der Waals surface area (Å²) in [6, 6.07) is 5.43. The highest BCUT2D eigenvalue weighted by Crippen LogP contribution is 2.32. The van der Waals surface area contributed by atoms with E-state index in [2.05, 4.69) is 25.1 Å². The predicted octanol–water partition coefficient (Wildman–Crippen LogP) is 3.81. The fourth-order valence-corrected chi connectivity index (χ4v) is 3.44. The first kappa shape index (κ1) is 16.8. The summed E-state index contributed by atoms with van der Waals surface area (Å²) in [5.74, 6) is 0.121. The number of aryl methyl sites for hydroxylation is 1. The molecule has 3 heterocycles. The fourth-order valence-electron chi connectivity index (χ4n) is 2.34. The van der Waals surface area contributed by atoms with Crippen LogP contribution in [0.5, 0.6) is 5.75 Å². The third-order valence-electron chi connectivity index (χ3n) is 3.43. The highest BCUT2D eigenvalue weighted by atomic mass is 35.5. The van der Waals surface area contributed by atoms with Gasteiger partial charge in [-0.3, -0.25) is 4.68 Å². The number of aromatic nitrogens is 6. The number of hydrogen-bond donors (Lipinski definition) is 0. The van der Waals surface area contributed by atoms with Gasteiger partial charge < -0.3 is 4.74 Å². The molecule has 0 atom stereocenters. The first-order chi connectivity index (χ1) is 12.3. The SMILES string of the molecule is Cn1ncc(Cl)c1-c1nnc2sc(-c3ccc(OC(F)(F)F)cc3)nn12. The second-order valence-corrected chi connectivity index (χ2v) is 6.53. The Balaban J connectivity index is 1.71. The fraction of sp³-hybridized carbons (Fsp3) is 0.143. The second-order valence-electron chi connectivity index (χ2n) is 5.16. The van der Waals surface area contributed by atoms with Crippen LogP contribution in [0.2, 0.25) is 5.02 Å². The number of benzene rings is 1. The van der Waals surface area contributed by atoms with Crippen LogP contribution in [0.3, 0.4) is 0 Å². The molecule has 0 spiro atoms. The number of halogens is 4. The van der Waals surface area contributed by atoms with Gasteiger partial charge in [-0.1, -0.05) is 22.9 Å². The van der Waals surface area contributed by atoms with E-state index in [1.807, 2.05) is 0 Å². The topological polar surface area (TPSA) is 70.1 Å². The molecule has 4 rings (SSSR count). The van der Waals surface area contributed by atoms with E-state index in [9.17, 15) is 13.2 Å². The number of hydrogen-bond acceptors (Lipinski definition) is 6.